The number of hydrogen-bond donors (Lipinski definition) is 3. The molecule has 3 aromatic heterocycles. The molecule has 1 aliphatic carbocycles. The Bertz CT molecular complexity index is 1070. The largest absolute Gasteiger partial charge is 0.506 e. The van der Waals surface area contributed by atoms with E-state index in [0.717, 1.165) is 36.1 Å². The maximum Gasteiger partial charge on any atom is 0.272 e. The minimum absolute atomic E-state index is 0.158. The van der Waals surface area contributed by atoms with Crippen molar-refractivity contribution in [3.63, 3.8) is 0 Å². The molecule has 6 heteroatoms. The molecular formula is C21H23N3O3. The van der Waals surface area contributed by atoms with E-state index in [1.807, 2.05) is 12.1 Å². The first-order valence-electron chi connectivity index (χ1n) is 9.81. The molecule has 140 valence electrons. The second kappa shape index (κ2) is 6.23. The van der Waals surface area contributed by atoms with Crippen LogP contribution in [0.5, 0.6) is 5.75 Å². The van der Waals surface area contributed by atoms with Gasteiger partial charge >= 0.3 is 0 Å². The Kier molecular flexibility index (Phi) is 3.82. The smallest absolute Gasteiger partial charge is 0.272 e. The predicted octanol–water partition coefficient (Wildman–Crippen LogP) is 2.85. The van der Waals surface area contributed by atoms with Gasteiger partial charge in [0.05, 0.1) is 5.52 Å². The number of pyridine rings is 1. The van der Waals surface area contributed by atoms with Crippen molar-refractivity contribution >= 4 is 16.9 Å². The van der Waals surface area contributed by atoms with Crippen LogP contribution < -0.4 is 10.9 Å². The number of carbonyl (C=O) groups excluding carboxylic acids is 1. The maximum atomic E-state index is 13.3. The summed E-state index contributed by atoms with van der Waals surface area (Å²) in [5, 5.41) is 13.9. The number of H-pyrrole nitrogens is 1. The molecule has 2 bridgehead atoms. The van der Waals surface area contributed by atoms with Gasteiger partial charge in [0.25, 0.3) is 11.5 Å². The third-order valence-electron chi connectivity index (χ3n) is 6.20. The highest BCUT2D eigenvalue weighted by Gasteiger charge is 2.29. The average molecular weight is 365 g/mol. The van der Waals surface area contributed by atoms with Crippen LogP contribution in [-0.2, 0) is 13.0 Å². The van der Waals surface area contributed by atoms with Crippen molar-refractivity contribution < 1.29 is 9.90 Å². The summed E-state index contributed by atoms with van der Waals surface area (Å²) in [6.45, 7) is 1.20. The lowest BCUT2D eigenvalue weighted by Gasteiger charge is -2.21. The lowest BCUT2D eigenvalue weighted by Crippen LogP contribution is -2.31. The Balaban J connectivity index is 1.60. The summed E-state index contributed by atoms with van der Waals surface area (Å²) in [6.07, 6.45) is 6.66. The molecule has 0 aromatic carbocycles. The summed E-state index contributed by atoms with van der Waals surface area (Å²) >= 11 is 0. The summed E-state index contributed by atoms with van der Waals surface area (Å²) in [7, 11) is 0. The third-order valence-corrected chi connectivity index (χ3v) is 6.20. The van der Waals surface area contributed by atoms with E-state index in [4.69, 9.17) is 0 Å². The molecule has 0 radical (unpaired) electrons. The molecule has 5 rings (SSSR count). The molecule has 1 fully saturated rings. The zero-order valence-corrected chi connectivity index (χ0v) is 15.2. The van der Waals surface area contributed by atoms with Gasteiger partial charge in [-0.3, -0.25) is 14.2 Å². The lowest BCUT2D eigenvalue weighted by molar-refractivity contribution is 0.0965. The van der Waals surface area contributed by atoms with Gasteiger partial charge in [-0.2, -0.15) is 0 Å². The van der Waals surface area contributed by atoms with Crippen LogP contribution in [0.4, 0.5) is 0 Å². The highest BCUT2D eigenvalue weighted by atomic mass is 16.3. The molecule has 6 nitrogen and oxygen atoms in total. The molecule has 0 atom stereocenters. The lowest BCUT2D eigenvalue weighted by atomic mass is 9.84. The Hall–Kier alpha value is -2.60. The van der Waals surface area contributed by atoms with Crippen LogP contribution in [0.15, 0.2) is 23.0 Å². The molecule has 0 amide bonds. The van der Waals surface area contributed by atoms with Crippen LogP contribution in [0.1, 0.15) is 65.2 Å². The van der Waals surface area contributed by atoms with Gasteiger partial charge in [0.2, 0.25) is 0 Å². The Morgan fingerprint density at radius 1 is 1.19 bits per heavy atom. The molecule has 3 N–H and O–H groups in total. The number of fused-ring (bicyclic) bond motifs is 3. The number of rotatable bonds is 2. The Labute approximate surface area is 156 Å². The number of carbonyl (C=O) groups is 1. The highest BCUT2D eigenvalue weighted by Crippen LogP contribution is 2.38. The monoisotopic (exact) mass is 365 g/mol. The van der Waals surface area contributed by atoms with Crippen molar-refractivity contribution in [2.24, 2.45) is 0 Å². The molecule has 4 heterocycles. The van der Waals surface area contributed by atoms with Crippen molar-refractivity contribution in [1.82, 2.24) is 14.9 Å². The van der Waals surface area contributed by atoms with Gasteiger partial charge in [0, 0.05) is 36.3 Å². The van der Waals surface area contributed by atoms with E-state index in [0.29, 0.717) is 24.4 Å². The standard InChI is InChI=1S/C21H23N3O3/c25-19-15-11-22-9-8-16(15)23-20(26)18(19)21(27)24-13-6-7-17(24)14(10-13)12-4-2-1-3-5-12/h6-7,10,12,22H,1-5,8-9,11H2,(H2,23,25,26). The van der Waals surface area contributed by atoms with Crippen LogP contribution in [-0.4, -0.2) is 27.1 Å². The van der Waals surface area contributed by atoms with Crippen molar-refractivity contribution in [2.45, 2.75) is 51.0 Å². The second-order valence-electron chi connectivity index (χ2n) is 7.78. The van der Waals surface area contributed by atoms with Crippen LogP contribution >= 0.6 is 0 Å². The Morgan fingerprint density at radius 3 is 2.81 bits per heavy atom. The van der Waals surface area contributed by atoms with Crippen molar-refractivity contribution in [3.05, 3.63) is 50.9 Å². The van der Waals surface area contributed by atoms with Gasteiger partial charge in [-0.25, -0.2) is 0 Å². The van der Waals surface area contributed by atoms with Gasteiger partial charge in [0.15, 0.2) is 0 Å². The van der Waals surface area contributed by atoms with Crippen LogP contribution in [0, 0.1) is 0 Å². The van der Waals surface area contributed by atoms with Crippen molar-refractivity contribution in [2.75, 3.05) is 6.54 Å². The van der Waals surface area contributed by atoms with Gasteiger partial charge in [0.1, 0.15) is 11.3 Å². The van der Waals surface area contributed by atoms with E-state index < -0.39 is 11.5 Å². The molecule has 0 unspecified atom stereocenters. The van der Waals surface area contributed by atoms with Crippen LogP contribution in [0.3, 0.4) is 0 Å². The number of hydrogen-bond acceptors (Lipinski definition) is 4. The van der Waals surface area contributed by atoms with E-state index in [1.165, 1.54) is 24.8 Å². The summed E-state index contributed by atoms with van der Waals surface area (Å²) in [4.78, 5) is 28.7. The fraction of sp³-hybridized carbons (Fsp3) is 0.429. The van der Waals surface area contributed by atoms with Crippen molar-refractivity contribution in [1.29, 1.82) is 0 Å². The number of aromatic hydroxyl groups is 1. The van der Waals surface area contributed by atoms with E-state index in [9.17, 15) is 14.7 Å². The first-order valence-corrected chi connectivity index (χ1v) is 9.81. The van der Waals surface area contributed by atoms with E-state index in [-0.39, 0.29) is 11.3 Å². The van der Waals surface area contributed by atoms with E-state index >= 15 is 0 Å². The molecule has 27 heavy (non-hydrogen) atoms. The summed E-state index contributed by atoms with van der Waals surface area (Å²) < 4.78 is 1.59. The van der Waals surface area contributed by atoms with Crippen molar-refractivity contribution in [3.8, 4) is 5.75 Å². The predicted molar refractivity (Wildman–Crippen MR) is 103 cm³/mol. The SMILES string of the molecule is O=C(c1c(O)c2c([nH]c1=O)CCNC2)n1c2ccc1c(C1CCCCC1)c2. The highest BCUT2D eigenvalue weighted by molar-refractivity contribution is 6.05. The fourth-order valence-corrected chi connectivity index (χ4v) is 4.81. The second-order valence-corrected chi connectivity index (χ2v) is 7.78. The normalized spacial score (nSPS) is 18.1. The zero-order chi connectivity index (χ0) is 18.5. The maximum absolute atomic E-state index is 13.3. The molecule has 1 saturated carbocycles. The minimum Gasteiger partial charge on any atom is -0.506 e. The fourth-order valence-electron chi connectivity index (χ4n) is 4.81. The minimum atomic E-state index is -0.509. The molecule has 3 aromatic rings. The summed E-state index contributed by atoms with van der Waals surface area (Å²) in [5.74, 6) is -0.150. The first-order chi connectivity index (χ1) is 13.1. The molecule has 2 aliphatic rings. The van der Waals surface area contributed by atoms with Crippen LogP contribution in [0.25, 0.3) is 11.0 Å². The van der Waals surface area contributed by atoms with Gasteiger partial charge < -0.3 is 15.4 Å². The summed E-state index contributed by atoms with van der Waals surface area (Å²) in [5.41, 5.74) is 3.55. The van der Waals surface area contributed by atoms with Gasteiger partial charge in [-0.1, -0.05) is 19.3 Å². The number of benzene rings is 1. The van der Waals surface area contributed by atoms with E-state index in [1.54, 1.807) is 4.57 Å². The number of nitrogens with zero attached hydrogens (tertiary/aromatic N) is 1. The Morgan fingerprint density at radius 2 is 2.00 bits per heavy atom. The molecule has 0 spiro atoms. The number of aromatic amines is 1. The van der Waals surface area contributed by atoms with Crippen LogP contribution in [0.2, 0.25) is 0 Å². The summed E-state index contributed by atoms with van der Waals surface area (Å²) in [6, 6.07) is 5.95. The van der Waals surface area contributed by atoms with Gasteiger partial charge in [-0.05, 0) is 42.5 Å². The molecule has 0 saturated heterocycles. The number of nitrogens with one attached hydrogen (secondary N) is 2. The quantitative estimate of drug-likeness (QED) is 0.652. The van der Waals surface area contributed by atoms with E-state index in [2.05, 4.69) is 16.4 Å². The average Bonchev–Trinajstić information content (AvgIpc) is 3.27. The number of aromatic nitrogens is 2. The van der Waals surface area contributed by atoms with Gasteiger partial charge in [-0.15, -0.1) is 0 Å². The zero-order valence-electron chi connectivity index (χ0n) is 15.2. The molecule has 1 aliphatic heterocycles. The first kappa shape index (κ1) is 16.6. The molecular weight excluding hydrogens is 342 g/mol. The topological polar surface area (TPSA) is 87.1 Å². The third kappa shape index (κ3) is 2.51.